The number of halogens is 2. The van der Waals surface area contributed by atoms with Crippen LogP contribution in [0.3, 0.4) is 0 Å². The normalized spacial score (nSPS) is 28.4. The molecule has 2 aliphatic heterocycles. The van der Waals surface area contributed by atoms with Crippen LogP contribution < -0.4 is 4.74 Å². The maximum atomic E-state index is 14.4. The van der Waals surface area contributed by atoms with Crippen molar-refractivity contribution in [2.45, 2.75) is 42.4 Å². The molecule has 0 saturated carbocycles. The number of ether oxygens (including phenoxy) is 2. The number of carbonyl (C=O) groups excluding carboxylic acids is 1. The molecule has 4 aliphatic rings. The number of carbonyl (C=O) groups is 1. The van der Waals surface area contributed by atoms with Crippen molar-refractivity contribution in [2.75, 3.05) is 13.6 Å². The molecule has 39 heavy (non-hydrogen) atoms. The van der Waals surface area contributed by atoms with Gasteiger partial charge in [0.05, 0.1) is 11.0 Å². The van der Waals surface area contributed by atoms with E-state index in [1.807, 2.05) is 13.1 Å². The van der Waals surface area contributed by atoms with Crippen LogP contribution >= 0.6 is 0 Å². The van der Waals surface area contributed by atoms with Crippen molar-refractivity contribution in [1.82, 2.24) is 4.90 Å². The lowest BCUT2D eigenvalue weighted by Gasteiger charge is -2.61. The molecule has 7 nitrogen and oxygen atoms in total. The summed E-state index contributed by atoms with van der Waals surface area (Å²) in [5, 5.41) is 33.4. The minimum atomic E-state index is -1.21. The molecule has 1 spiro atoms. The fraction of sp³-hybridized carbons (Fsp3) is 0.300. The number of likely N-dealkylation sites (tertiary alicyclic amines) is 1. The Bertz CT molecular complexity index is 1600. The van der Waals surface area contributed by atoms with E-state index in [0.29, 0.717) is 25.1 Å². The summed E-state index contributed by atoms with van der Waals surface area (Å²) in [4.78, 5) is 15.5. The molecule has 1 fully saturated rings. The first kappa shape index (κ1) is 24.1. The van der Waals surface area contributed by atoms with E-state index in [9.17, 15) is 28.9 Å². The number of piperidine rings is 1. The lowest BCUT2D eigenvalue weighted by atomic mass is 9.50. The summed E-state index contributed by atoms with van der Waals surface area (Å²) in [7, 11) is 1.98. The van der Waals surface area contributed by atoms with Gasteiger partial charge < -0.3 is 29.7 Å². The molecule has 9 heteroatoms. The third kappa shape index (κ3) is 3.11. The predicted molar refractivity (Wildman–Crippen MR) is 135 cm³/mol. The van der Waals surface area contributed by atoms with Crippen LogP contribution in [-0.4, -0.2) is 57.5 Å². The van der Waals surface area contributed by atoms with Gasteiger partial charge in [0.2, 0.25) is 0 Å². The molecule has 200 valence electrons. The average molecular weight is 534 g/mol. The van der Waals surface area contributed by atoms with Gasteiger partial charge in [0.15, 0.2) is 17.6 Å². The van der Waals surface area contributed by atoms with E-state index in [0.717, 1.165) is 23.3 Å². The molecule has 4 atom stereocenters. The lowest BCUT2D eigenvalue weighted by molar-refractivity contribution is -0.163. The maximum absolute atomic E-state index is 14.4. The number of hydrogen-bond acceptors (Lipinski definition) is 7. The number of benzene rings is 3. The Hall–Kier alpha value is -3.95. The summed E-state index contributed by atoms with van der Waals surface area (Å²) in [6.07, 6.45) is 2.08. The number of likely N-dealkylation sites (N-methyl/N-ethyl adjacent to an activating group) is 1. The third-order valence-electron chi connectivity index (χ3n) is 9.02. The van der Waals surface area contributed by atoms with Gasteiger partial charge in [0, 0.05) is 29.7 Å². The van der Waals surface area contributed by atoms with Gasteiger partial charge in [-0.1, -0.05) is 12.1 Å². The van der Waals surface area contributed by atoms with Gasteiger partial charge in [0.25, 0.3) is 0 Å². The Morgan fingerprint density at radius 1 is 1.10 bits per heavy atom. The zero-order valence-corrected chi connectivity index (χ0v) is 20.9. The largest absolute Gasteiger partial charge is 0.507 e. The third-order valence-corrected chi connectivity index (χ3v) is 9.02. The first-order valence-corrected chi connectivity index (χ1v) is 12.8. The molecule has 4 unspecified atom stereocenters. The maximum Gasteiger partial charge on any atom is 0.347 e. The van der Waals surface area contributed by atoms with E-state index in [2.05, 4.69) is 4.90 Å². The standard InChI is InChI=1S/C30H25F2NO6/c1-33-11-10-29-25-16-3-7-22(35)26(25)39-27(29)23(8-9-30(29,37)24(33)13-16)38-28(36)19-12-15(2-6-21(19)34)18-5-4-17(31)14-20(18)32/h2-8,12,14,24,27,34-35,37H,9-11,13H2,1H3. The zero-order chi connectivity index (χ0) is 27.3. The lowest BCUT2D eigenvalue weighted by Crippen LogP contribution is -2.74. The van der Waals surface area contributed by atoms with Crippen molar-refractivity contribution in [3.8, 4) is 28.4 Å². The molecule has 0 radical (unpaired) electrons. The van der Waals surface area contributed by atoms with Crippen molar-refractivity contribution in [3.63, 3.8) is 0 Å². The van der Waals surface area contributed by atoms with E-state index in [-0.39, 0.29) is 46.4 Å². The Kier molecular flexibility index (Phi) is 4.97. The number of rotatable bonds is 3. The number of esters is 1. The number of phenols is 2. The molecular formula is C30H25F2NO6. The Morgan fingerprint density at radius 3 is 2.69 bits per heavy atom. The van der Waals surface area contributed by atoms with Gasteiger partial charge in [-0.05, 0) is 74.0 Å². The van der Waals surface area contributed by atoms with Gasteiger partial charge >= 0.3 is 5.97 Å². The highest BCUT2D eigenvalue weighted by Crippen LogP contribution is 2.65. The van der Waals surface area contributed by atoms with Crippen molar-refractivity contribution in [1.29, 1.82) is 0 Å². The summed E-state index contributed by atoms with van der Waals surface area (Å²) in [5.41, 5.74) is -0.301. The van der Waals surface area contributed by atoms with Crippen LogP contribution in [0.1, 0.15) is 34.3 Å². The van der Waals surface area contributed by atoms with Gasteiger partial charge in [-0.2, -0.15) is 0 Å². The van der Waals surface area contributed by atoms with Crippen molar-refractivity contribution in [2.24, 2.45) is 0 Å². The van der Waals surface area contributed by atoms with Crippen LogP contribution in [0.4, 0.5) is 8.78 Å². The average Bonchev–Trinajstić information content (AvgIpc) is 3.26. The van der Waals surface area contributed by atoms with E-state index in [4.69, 9.17) is 9.47 Å². The van der Waals surface area contributed by atoms with E-state index in [1.54, 1.807) is 12.1 Å². The van der Waals surface area contributed by atoms with Crippen LogP contribution in [0.5, 0.6) is 17.2 Å². The van der Waals surface area contributed by atoms with E-state index < -0.39 is 34.7 Å². The van der Waals surface area contributed by atoms with Crippen molar-refractivity contribution >= 4 is 5.97 Å². The molecule has 2 bridgehead atoms. The summed E-state index contributed by atoms with van der Waals surface area (Å²) >= 11 is 0. The zero-order valence-electron chi connectivity index (χ0n) is 20.9. The molecule has 7 rings (SSSR count). The molecular weight excluding hydrogens is 508 g/mol. The summed E-state index contributed by atoms with van der Waals surface area (Å²) in [6.45, 7) is 0.675. The highest BCUT2D eigenvalue weighted by molar-refractivity contribution is 5.94. The van der Waals surface area contributed by atoms with Crippen molar-refractivity contribution in [3.05, 3.63) is 88.7 Å². The first-order chi connectivity index (χ1) is 18.6. The number of hydrogen-bond donors (Lipinski definition) is 3. The summed E-state index contributed by atoms with van der Waals surface area (Å²) < 4.78 is 39.9. The number of aromatic hydroxyl groups is 2. The number of aliphatic hydroxyl groups is 1. The Balaban J connectivity index is 1.28. The first-order valence-electron chi connectivity index (χ1n) is 12.8. The minimum Gasteiger partial charge on any atom is -0.507 e. The predicted octanol–water partition coefficient (Wildman–Crippen LogP) is 4.18. The fourth-order valence-electron chi connectivity index (χ4n) is 7.19. The molecule has 2 heterocycles. The van der Waals surface area contributed by atoms with Crippen LogP contribution in [0, 0.1) is 11.6 Å². The van der Waals surface area contributed by atoms with Gasteiger partial charge in [0.1, 0.15) is 28.7 Å². The van der Waals surface area contributed by atoms with Gasteiger partial charge in [-0.15, -0.1) is 0 Å². The molecule has 0 aromatic heterocycles. The quantitative estimate of drug-likeness (QED) is 0.435. The van der Waals surface area contributed by atoms with Gasteiger partial charge in [-0.3, -0.25) is 0 Å². The second kappa shape index (κ2) is 8.03. The second-order valence-electron chi connectivity index (χ2n) is 10.8. The Morgan fingerprint density at radius 2 is 1.90 bits per heavy atom. The monoisotopic (exact) mass is 533 g/mol. The molecule has 2 aliphatic carbocycles. The minimum absolute atomic E-state index is 0.0467. The molecule has 3 aromatic carbocycles. The highest BCUT2D eigenvalue weighted by atomic mass is 19.1. The molecule has 3 N–H and O–H groups in total. The van der Waals surface area contributed by atoms with E-state index in [1.165, 1.54) is 24.3 Å². The van der Waals surface area contributed by atoms with Crippen LogP contribution in [0.25, 0.3) is 11.1 Å². The number of nitrogens with zero attached hydrogens (tertiary/aromatic N) is 1. The van der Waals surface area contributed by atoms with Crippen LogP contribution in [0.2, 0.25) is 0 Å². The smallest absolute Gasteiger partial charge is 0.347 e. The summed E-state index contributed by atoms with van der Waals surface area (Å²) in [5.74, 6) is -2.39. The molecule has 1 saturated heterocycles. The summed E-state index contributed by atoms with van der Waals surface area (Å²) in [6, 6.07) is 10.3. The van der Waals surface area contributed by atoms with Crippen LogP contribution in [-0.2, 0) is 16.6 Å². The second-order valence-corrected chi connectivity index (χ2v) is 10.8. The molecule has 0 amide bonds. The van der Waals surface area contributed by atoms with Crippen molar-refractivity contribution < 1.29 is 38.4 Å². The molecule has 3 aromatic rings. The fourth-order valence-corrected chi connectivity index (χ4v) is 7.19. The highest BCUT2D eigenvalue weighted by Gasteiger charge is 2.72. The van der Waals surface area contributed by atoms with Gasteiger partial charge in [-0.25, -0.2) is 13.6 Å². The van der Waals surface area contributed by atoms with E-state index >= 15 is 0 Å². The Labute approximate surface area is 222 Å². The van der Waals surface area contributed by atoms with Crippen LogP contribution in [0.15, 0.2) is 60.4 Å². The SMILES string of the molecule is CN1CCC23c4c5ccc(O)c4OC2C(OC(=O)c2cc(-c4ccc(F)cc4F)ccc2O)=CCC3(O)C1C5. The topological polar surface area (TPSA) is 99.5 Å². The number of phenolic OH excluding ortho intramolecular Hbond substituents is 2.